The Morgan fingerprint density at radius 2 is 2.00 bits per heavy atom. The first-order valence-corrected chi connectivity index (χ1v) is 9.28. The Kier molecular flexibility index (Phi) is 5.13. The van der Waals surface area contributed by atoms with Crippen LogP contribution < -0.4 is 0 Å². The van der Waals surface area contributed by atoms with Gasteiger partial charge in [-0.3, -0.25) is 14.4 Å². The van der Waals surface area contributed by atoms with Crippen molar-refractivity contribution in [2.45, 2.75) is 52.1 Å². The van der Waals surface area contributed by atoms with E-state index in [1.54, 1.807) is 6.92 Å². The molecule has 1 aliphatic rings. The molecule has 136 valence electrons. The van der Waals surface area contributed by atoms with Crippen molar-refractivity contribution in [1.29, 1.82) is 0 Å². The van der Waals surface area contributed by atoms with Crippen molar-refractivity contribution in [3.63, 3.8) is 0 Å². The molecule has 1 amide bonds. The highest BCUT2D eigenvalue weighted by molar-refractivity contribution is 5.82. The normalized spacial score (nSPS) is 16.4. The second-order valence-electron chi connectivity index (χ2n) is 7.65. The number of aromatic nitrogens is 2. The maximum Gasteiger partial charge on any atom is 0.219 e. The Morgan fingerprint density at radius 3 is 2.60 bits per heavy atom. The molecule has 1 aromatic heterocycles. The van der Waals surface area contributed by atoms with E-state index >= 15 is 0 Å². The highest BCUT2D eigenvalue weighted by atomic mass is 16.2. The van der Waals surface area contributed by atoms with Crippen LogP contribution in [0.4, 0.5) is 0 Å². The summed E-state index contributed by atoms with van der Waals surface area (Å²) < 4.78 is 2.00. The summed E-state index contributed by atoms with van der Waals surface area (Å²) in [7, 11) is 4.21. The molecule has 0 N–H and O–H groups in total. The van der Waals surface area contributed by atoms with Crippen LogP contribution in [0.3, 0.4) is 0 Å². The monoisotopic (exact) mass is 342 g/mol. The van der Waals surface area contributed by atoms with Gasteiger partial charge in [0.1, 0.15) is 0 Å². The van der Waals surface area contributed by atoms with Crippen molar-refractivity contribution >= 4 is 16.8 Å². The zero-order chi connectivity index (χ0) is 18.1. The van der Waals surface area contributed by atoms with E-state index in [4.69, 9.17) is 5.10 Å². The third kappa shape index (κ3) is 3.71. The number of hydrogen-bond acceptors (Lipinski definition) is 3. The summed E-state index contributed by atoms with van der Waals surface area (Å²) in [6.07, 6.45) is 2.08. The van der Waals surface area contributed by atoms with E-state index in [2.05, 4.69) is 44.0 Å². The summed E-state index contributed by atoms with van der Waals surface area (Å²) in [5.74, 6) is 0.717. The minimum absolute atomic E-state index is 0.192. The lowest BCUT2D eigenvalue weighted by Crippen LogP contribution is -2.44. The Bertz CT molecular complexity index is 756. The van der Waals surface area contributed by atoms with Gasteiger partial charge in [0.15, 0.2) is 0 Å². The molecule has 25 heavy (non-hydrogen) atoms. The zero-order valence-electron chi connectivity index (χ0n) is 16.1. The fraction of sp³-hybridized carbons (Fsp3) is 0.600. The van der Waals surface area contributed by atoms with Gasteiger partial charge in [0.25, 0.3) is 0 Å². The van der Waals surface area contributed by atoms with E-state index in [1.165, 1.54) is 16.5 Å². The SMILES string of the molecule is CC(=O)N1CCC(N(C)Cc2nn(C)c3cc(C(C)C)ccc23)CC1. The first kappa shape index (κ1) is 17.9. The fourth-order valence-electron chi connectivity index (χ4n) is 3.81. The van der Waals surface area contributed by atoms with Gasteiger partial charge in [-0.25, -0.2) is 0 Å². The molecule has 0 atom stereocenters. The molecule has 2 heterocycles. The minimum Gasteiger partial charge on any atom is -0.343 e. The van der Waals surface area contributed by atoms with Crippen molar-refractivity contribution in [1.82, 2.24) is 19.6 Å². The molecular formula is C20H30N4O. The topological polar surface area (TPSA) is 41.4 Å². The number of nitrogens with zero attached hydrogens (tertiary/aromatic N) is 4. The number of carbonyl (C=O) groups excluding carboxylic acids is 1. The van der Waals surface area contributed by atoms with Crippen molar-refractivity contribution in [3.05, 3.63) is 29.5 Å². The third-order valence-corrected chi connectivity index (χ3v) is 5.55. The molecule has 5 nitrogen and oxygen atoms in total. The maximum atomic E-state index is 11.5. The number of rotatable bonds is 4. The van der Waals surface area contributed by atoms with E-state index in [0.29, 0.717) is 12.0 Å². The number of carbonyl (C=O) groups is 1. The number of aryl methyl sites for hydroxylation is 1. The lowest BCUT2D eigenvalue weighted by atomic mass is 10.0. The third-order valence-electron chi connectivity index (χ3n) is 5.55. The maximum absolute atomic E-state index is 11.5. The van der Waals surface area contributed by atoms with E-state index in [-0.39, 0.29) is 5.91 Å². The van der Waals surface area contributed by atoms with E-state index in [9.17, 15) is 4.79 Å². The number of benzene rings is 1. The molecule has 0 unspecified atom stereocenters. The summed E-state index contributed by atoms with van der Waals surface area (Å²) in [5.41, 5.74) is 3.71. The fourth-order valence-corrected chi connectivity index (χ4v) is 3.81. The van der Waals surface area contributed by atoms with Gasteiger partial charge in [-0.1, -0.05) is 26.0 Å². The average Bonchev–Trinajstić information content (AvgIpc) is 2.90. The van der Waals surface area contributed by atoms with Gasteiger partial charge in [-0.2, -0.15) is 5.10 Å². The van der Waals surface area contributed by atoms with Gasteiger partial charge in [-0.05, 0) is 37.4 Å². The van der Waals surface area contributed by atoms with Crippen LogP contribution in [0.2, 0.25) is 0 Å². The largest absolute Gasteiger partial charge is 0.343 e. The molecule has 0 bridgehead atoms. The molecule has 2 aromatic rings. The number of hydrogen-bond donors (Lipinski definition) is 0. The summed E-state index contributed by atoms with van der Waals surface area (Å²) in [4.78, 5) is 15.8. The van der Waals surface area contributed by atoms with Crippen LogP contribution in [0.25, 0.3) is 10.9 Å². The lowest BCUT2D eigenvalue weighted by Gasteiger charge is -2.36. The number of amides is 1. The number of piperidine rings is 1. The first-order chi connectivity index (χ1) is 11.9. The quantitative estimate of drug-likeness (QED) is 0.857. The van der Waals surface area contributed by atoms with Crippen LogP contribution in [0.15, 0.2) is 18.2 Å². The zero-order valence-corrected chi connectivity index (χ0v) is 16.1. The smallest absolute Gasteiger partial charge is 0.219 e. The van der Waals surface area contributed by atoms with Crippen molar-refractivity contribution in [2.75, 3.05) is 20.1 Å². The standard InChI is InChI=1S/C20H30N4O/c1-14(2)16-6-7-18-19(21-23(5)20(18)12-16)13-22(4)17-8-10-24(11-9-17)15(3)25/h6-7,12,14,17H,8-11,13H2,1-5H3. The first-order valence-electron chi connectivity index (χ1n) is 9.28. The Labute approximate surface area is 150 Å². The van der Waals surface area contributed by atoms with Crippen LogP contribution in [-0.4, -0.2) is 51.7 Å². The molecule has 1 aliphatic heterocycles. The second-order valence-corrected chi connectivity index (χ2v) is 7.65. The van der Waals surface area contributed by atoms with E-state index < -0.39 is 0 Å². The second kappa shape index (κ2) is 7.16. The summed E-state index contributed by atoms with van der Waals surface area (Å²) >= 11 is 0. The van der Waals surface area contributed by atoms with Crippen LogP contribution >= 0.6 is 0 Å². The van der Waals surface area contributed by atoms with Gasteiger partial charge in [-0.15, -0.1) is 0 Å². The highest BCUT2D eigenvalue weighted by Gasteiger charge is 2.24. The van der Waals surface area contributed by atoms with Gasteiger partial charge in [0, 0.05) is 45.0 Å². The molecule has 1 aromatic carbocycles. The predicted octanol–water partition coefficient (Wildman–Crippen LogP) is 3.14. The molecule has 0 spiro atoms. The van der Waals surface area contributed by atoms with Crippen LogP contribution in [-0.2, 0) is 18.4 Å². The van der Waals surface area contributed by atoms with E-state index in [0.717, 1.165) is 38.2 Å². The van der Waals surface area contributed by atoms with E-state index in [1.807, 2.05) is 16.6 Å². The summed E-state index contributed by atoms with van der Waals surface area (Å²) in [6, 6.07) is 7.23. The molecule has 5 heteroatoms. The van der Waals surface area contributed by atoms with Gasteiger partial charge >= 0.3 is 0 Å². The number of fused-ring (bicyclic) bond motifs is 1. The summed E-state index contributed by atoms with van der Waals surface area (Å²) in [6.45, 7) is 8.69. The summed E-state index contributed by atoms with van der Waals surface area (Å²) in [5, 5.41) is 6.03. The highest BCUT2D eigenvalue weighted by Crippen LogP contribution is 2.25. The van der Waals surface area contributed by atoms with Gasteiger partial charge < -0.3 is 4.90 Å². The molecule has 0 radical (unpaired) electrons. The number of likely N-dealkylation sites (tertiary alicyclic amines) is 1. The van der Waals surface area contributed by atoms with Gasteiger partial charge in [0.05, 0.1) is 11.2 Å². The Balaban J connectivity index is 1.73. The predicted molar refractivity (Wildman–Crippen MR) is 102 cm³/mol. The Hall–Kier alpha value is -1.88. The molecule has 0 aliphatic carbocycles. The Morgan fingerprint density at radius 1 is 1.32 bits per heavy atom. The van der Waals surface area contributed by atoms with Crippen LogP contribution in [0, 0.1) is 0 Å². The van der Waals surface area contributed by atoms with Crippen molar-refractivity contribution in [2.24, 2.45) is 7.05 Å². The molecular weight excluding hydrogens is 312 g/mol. The molecule has 0 saturated carbocycles. The van der Waals surface area contributed by atoms with Crippen molar-refractivity contribution in [3.8, 4) is 0 Å². The van der Waals surface area contributed by atoms with Gasteiger partial charge in [0.2, 0.25) is 5.91 Å². The molecule has 1 fully saturated rings. The van der Waals surface area contributed by atoms with Crippen LogP contribution in [0.5, 0.6) is 0 Å². The lowest BCUT2D eigenvalue weighted by molar-refractivity contribution is -0.130. The molecule has 3 rings (SSSR count). The van der Waals surface area contributed by atoms with Crippen LogP contribution in [0.1, 0.15) is 50.8 Å². The van der Waals surface area contributed by atoms with Crippen molar-refractivity contribution < 1.29 is 4.79 Å². The average molecular weight is 342 g/mol. The molecule has 1 saturated heterocycles. The minimum atomic E-state index is 0.192.